The van der Waals surface area contributed by atoms with E-state index in [1.54, 1.807) is 38.3 Å². The SMILES string of the molecule is COc1ccc(C(=O)OC2C=C(C)CCC34OC(=O)C(C)C3CC(=O)C24C)cc1. The van der Waals surface area contributed by atoms with Crippen molar-refractivity contribution >= 4 is 17.7 Å². The number of carbonyl (C=O) groups excluding carboxylic acids is 3. The molecule has 1 aromatic carbocycles. The Kier molecular flexibility index (Phi) is 4.56. The van der Waals surface area contributed by atoms with E-state index >= 15 is 0 Å². The molecule has 0 N–H and O–H groups in total. The summed E-state index contributed by atoms with van der Waals surface area (Å²) in [5.74, 6) is -0.688. The number of esters is 2. The van der Waals surface area contributed by atoms with Gasteiger partial charge in [-0.25, -0.2) is 4.79 Å². The van der Waals surface area contributed by atoms with Crippen LogP contribution in [0, 0.1) is 17.3 Å². The normalized spacial score (nSPS) is 35.9. The first-order chi connectivity index (χ1) is 13.7. The molecule has 0 aromatic heterocycles. The van der Waals surface area contributed by atoms with Crippen molar-refractivity contribution in [3.8, 4) is 5.75 Å². The molecular weight excluding hydrogens is 372 g/mol. The van der Waals surface area contributed by atoms with Gasteiger partial charge in [0, 0.05) is 12.3 Å². The highest BCUT2D eigenvalue weighted by atomic mass is 16.6. The van der Waals surface area contributed by atoms with Gasteiger partial charge >= 0.3 is 11.9 Å². The summed E-state index contributed by atoms with van der Waals surface area (Å²) in [6.45, 7) is 5.57. The summed E-state index contributed by atoms with van der Waals surface area (Å²) in [6.07, 6.45) is 2.58. The molecule has 154 valence electrons. The van der Waals surface area contributed by atoms with Crippen LogP contribution in [0.25, 0.3) is 0 Å². The Morgan fingerprint density at radius 2 is 1.90 bits per heavy atom. The van der Waals surface area contributed by atoms with Gasteiger partial charge in [-0.05, 0) is 57.0 Å². The molecule has 0 bridgehead atoms. The lowest BCUT2D eigenvalue weighted by molar-refractivity contribution is -0.171. The Balaban J connectivity index is 1.71. The number of ether oxygens (including phenoxy) is 3. The first-order valence-electron chi connectivity index (χ1n) is 10.0. The number of hydrogen-bond acceptors (Lipinski definition) is 6. The van der Waals surface area contributed by atoms with E-state index in [9.17, 15) is 14.4 Å². The molecule has 1 saturated heterocycles. The predicted molar refractivity (Wildman–Crippen MR) is 104 cm³/mol. The zero-order chi connectivity index (χ0) is 21.0. The molecule has 1 aliphatic heterocycles. The van der Waals surface area contributed by atoms with Crippen LogP contribution in [0.5, 0.6) is 5.75 Å². The van der Waals surface area contributed by atoms with E-state index < -0.39 is 23.1 Å². The minimum absolute atomic E-state index is 0.0136. The fourth-order valence-corrected chi connectivity index (χ4v) is 5.25. The molecule has 1 saturated carbocycles. The second-order valence-corrected chi connectivity index (χ2v) is 8.60. The molecule has 2 aliphatic carbocycles. The van der Waals surface area contributed by atoms with Crippen LogP contribution in [0.15, 0.2) is 35.9 Å². The standard InChI is InChI=1S/C23H26O6/c1-13-9-10-23-17(14(2)20(25)29-23)12-18(24)22(23,3)19(11-13)28-21(26)15-5-7-16(27-4)8-6-15/h5-8,11,14,17,19H,9-10,12H2,1-4H3. The number of allylic oxidation sites excluding steroid dienone is 1. The topological polar surface area (TPSA) is 78.9 Å². The third-order valence-electron chi connectivity index (χ3n) is 7.18. The van der Waals surface area contributed by atoms with E-state index in [4.69, 9.17) is 14.2 Å². The molecule has 1 spiro atoms. The first-order valence-corrected chi connectivity index (χ1v) is 10.0. The van der Waals surface area contributed by atoms with Gasteiger partial charge in [-0.15, -0.1) is 0 Å². The van der Waals surface area contributed by atoms with Gasteiger partial charge in [-0.3, -0.25) is 9.59 Å². The van der Waals surface area contributed by atoms with E-state index in [2.05, 4.69) is 0 Å². The quantitative estimate of drug-likeness (QED) is 0.573. The van der Waals surface area contributed by atoms with Crippen molar-refractivity contribution in [3.63, 3.8) is 0 Å². The van der Waals surface area contributed by atoms with Gasteiger partial charge in [0.25, 0.3) is 0 Å². The van der Waals surface area contributed by atoms with Crippen LogP contribution in [0.4, 0.5) is 0 Å². The minimum atomic E-state index is -1.10. The number of Topliss-reactive ketones (excluding diaryl/α,β-unsaturated/α-hetero) is 1. The summed E-state index contributed by atoms with van der Waals surface area (Å²) in [7, 11) is 1.55. The lowest BCUT2D eigenvalue weighted by Crippen LogP contribution is -2.55. The van der Waals surface area contributed by atoms with E-state index in [0.29, 0.717) is 24.2 Å². The molecular formula is C23H26O6. The average Bonchev–Trinajstić information content (AvgIpc) is 3.04. The number of hydrogen-bond donors (Lipinski definition) is 0. The van der Waals surface area contributed by atoms with Crippen LogP contribution in [0.2, 0.25) is 0 Å². The third-order valence-corrected chi connectivity index (χ3v) is 7.18. The van der Waals surface area contributed by atoms with E-state index in [1.165, 1.54) is 0 Å². The molecule has 4 rings (SSSR count). The molecule has 6 heteroatoms. The van der Waals surface area contributed by atoms with Gasteiger partial charge in [0.05, 0.1) is 18.6 Å². The maximum absolute atomic E-state index is 13.2. The highest BCUT2D eigenvalue weighted by molar-refractivity contribution is 5.95. The fourth-order valence-electron chi connectivity index (χ4n) is 5.25. The van der Waals surface area contributed by atoms with Crippen LogP contribution in [0.1, 0.15) is 50.4 Å². The van der Waals surface area contributed by atoms with Gasteiger partial charge in [0.1, 0.15) is 28.7 Å². The van der Waals surface area contributed by atoms with Gasteiger partial charge < -0.3 is 14.2 Å². The Hall–Kier alpha value is -2.63. The Morgan fingerprint density at radius 3 is 2.55 bits per heavy atom. The van der Waals surface area contributed by atoms with Crippen LogP contribution >= 0.6 is 0 Å². The summed E-state index contributed by atoms with van der Waals surface area (Å²) in [4.78, 5) is 38.5. The van der Waals surface area contributed by atoms with Gasteiger partial charge in [-0.1, -0.05) is 12.5 Å². The average molecular weight is 398 g/mol. The third kappa shape index (κ3) is 2.72. The van der Waals surface area contributed by atoms with Crippen LogP contribution in [-0.2, 0) is 19.1 Å². The smallest absolute Gasteiger partial charge is 0.338 e. The zero-order valence-electron chi connectivity index (χ0n) is 17.2. The summed E-state index contributed by atoms with van der Waals surface area (Å²) in [5.41, 5.74) is -0.639. The number of benzene rings is 1. The number of ketones is 1. The Morgan fingerprint density at radius 1 is 1.21 bits per heavy atom. The van der Waals surface area contributed by atoms with Crippen molar-refractivity contribution < 1.29 is 28.6 Å². The van der Waals surface area contributed by atoms with Gasteiger partial charge in [0.15, 0.2) is 0 Å². The lowest BCUT2D eigenvalue weighted by atomic mass is 9.67. The van der Waals surface area contributed by atoms with Gasteiger partial charge in [0.2, 0.25) is 0 Å². The summed E-state index contributed by atoms with van der Waals surface area (Å²) in [6, 6.07) is 6.63. The Labute approximate surface area is 170 Å². The van der Waals surface area contributed by atoms with Gasteiger partial charge in [-0.2, -0.15) is 0 Å². The number of rotatable bonds is 3. The number of methoxy groups -OCH3 is 1. The molecule has 2 fully saturated rings. The summed E-state index contributed by atoms with van der Waals surface area (Å²) in [5, 5.41) is 0. The summed E-state index contributed by atoms with van der Waals surface area (Å²) >= 11 is 0. The highest BCUT2D eigenvalue weighted by Crippen LogP contribution is 2.62. The van der Waals surface area contributed by atoms with Crippen molar-refractivity contribution in [2.45, 2.75) is 51.7 Å². The van der Waals surface area contributed by atoms with Crippen LogP contribution in [-0.4, -0.2) is 36.5 Å². The summed E-state index contributed by atoms with van der Waals surface area (Å²) < 4.78 is 17.0. The highest BCUT2D eigenvalue weighted by Gasteiger charge is 2.73. The molecule has 29 heavy (non-hydrogen) atoms. The van der Waals surface area contributed by atoms with Crippen molar-refractivity contribution in [1.29, 1.82) is 0 Å². The largest absolute Gasteiger partial charge is 0.497 e. The maximum Gasteiger partial charge on any atom is 0.338 e. The molecule has 0 amide bonds. The molecule has 1 heterocycles. The second kappa shape index (κ2) is 6.71. The molecule has 3 aliphatic rings. The van der Waals surface area contributed by atoms with Crippen molar-refractivity contribution in [2.24, 2.45) is 17.3 Å². The van der Waals surface area contributed by atoms with Crippen molar-refractivity contribution in [2.75, 3.05) is 7.11 Å². The molecule has 5 unspecified atom stereocenters. The van der Waals surface area contributed by atoms with Crippen LogP contribution < -0.4 is 4.74 Å². The monoisotopic (exact) mass is 398 g/mol. The van der Waals surface area contributed by atoms with Crippen molar-refractivity contribution in [3.05, 3.63) is 41.5 Å². The van der Waals surface area contributed by atoms with Crippen molar-refractivity contribution in [1.82, 2.24) is 0 Å². The minimum Gasteiger partial charge on any atom is -0.497 e. The van der Waals surface area contributed by atoms with E-state index in [1.807, 2.05) is 19.9 Å². The maximum atomic E-state index is 13.2. The molecule has 6 nitrogen and oxygen atoms in total. The lowest BCUT2D eigenvalue weighted by Gasteiger charge is -2.43. The Bertz CT molecular complexity index is 900. The molecule has 1 aromatic rings. The zero-order valence-corrected chi connectivity index (χ0v) is 17.2. The van der Waals surface area contributed by atoms with E-state index in [-0.39, 0.29) is 30.0 Å². The fraction of sp³-hybridized carbons (Fsp3) is 0.522. The van der Waals surface area contributed by atoms with E-state index in [0.717, 1.165) is 5.57 Å². The predicted octanol–water partition coefficient (Wildman–Crippen LogP) is 3.49. The molecule has 5 atom stereocenters. The first kappa shape index (κ1) is 19.7. The van der Waals surface area contributed by atoms with Crippen LogP contribution in [0.3, 0.4) is 0 Å². The second-order valence-electron chi connectivity index (χ2n) is 8.60. The number of carbonyl (C=O) groups is 3. The molecule has 0 radical (unpaired) electrons.